The fourth-order valence-electron chi connectivity index (χ4n) is 4.34. The Labute approximate surface area is 247 Å². The summed E-state index contributed by atoms with van der Waals surface area (Å²) in [5.41, 5.74) is 0.819. The largest absolute Gasteiger partial charge is 0.497 e. The molecule has 0 spiro atoms. The maximum Gasteiger partial charge on any atom is 0.264 e. The summed E-state index contributed by atoms with van der Waals surface area (Å²) in [4.78, 5) is 28.8. The van der Waals surface area contributed by atoms with Gasteiger partial charge in [0.2, 0.25) is 11.8 Å². The molecular weight excluding hydrogens is 566 g/mol. The van der Waals surface area contributed by atoms with Gasteiger partial charge in [0.05, 0.1) is 24.8 Å². The normalized spacial score (nSPS) is 11.8. The van der Waals surface area contributed by atoms with Crippen LogP contribution in [0.15, 0.2) is 77.7 Å². The van der Waals surface area contributed by atoms with Crippen LogP contribution in [0.4, 0.5) is 5.69 Å². The third-order valence-electron chi connectivity index (χ3n) is 6.44. The Morgan fingerprint density at radius 2 is 1.68 bits per heavy atom. The average Bonchev–Trinajstić information content (AvgIpc) is 2.98. The van der Waals surface area contributed by atoms with Gasteiger partial charge in [-0.25, -0.2) is 8.42 Å². The van der Waals surface area contributed by atoms with Crippen molar-refractivity contribution >= 4 is 39.1 Å². The number of ether oxygens (including phenoxy) is 2. The van der Waals surface area contributed by atoms with Crippen molar-refractivity contribution in [3.63, 3.8) is 0 Å². The molecule has 0 heterocycles. The van der Waals surface area contributed by atoms with Crippen molar-refractivity contribution in [2.45, 2.75) is 44.2 Å². The van der Waals surface area contributed by atoms with E-state index in [1.807, 2.05) is 13.0 Å². The highest BCUT2D eigenvalue weighted by atomic mass is 35.5. The first-order valence-electron chi connectivity index (χ1n) is 13.3. The molecule has 0 aliphatic rings. The SMILES string of the molecule is CCCNC(=O)C(CC)N(Cc1cccc(OC)c1)C(=O)CN(c1cc(Cl)ccc1OC)S(=O)(=O)c1ccccc1. The minimum Gasteiger partial charge on any atom is -0.497 e. The molecule has 1 N–H and O–H groups in total. The molecule has 0 bridgehead atoms. The molecule has 0 radical (unpaired) electrons. The lowest BCUT2D eigenvalue weighted by Crippen LogP contribution is -2.52. The van der Waals surface area contributed by atoms with Crippen LogP contribution >= 0.6 is 11.6 Å². The number of carbonyl (C=O) groups excluding carboxylic acids is 2. The highest BCUT2D eigenvalue weighted by Crippen LogP contribution is 2.35. The summed E-state index contributed by atoms with van der Waals surface area (Å²) in [6, 6.07) is 18.7. The number of anilines is 1. The maximum atomic E-state index is 14.2. The third kappa shape index (κ3) is 7.92. The van der Waals surface area contributed by atoms with Gasteiger partial charge in [0.15, 0.2) is 0 Å². The van der Waals surface area contributed by atoms with Crippen LogP contribution < -0.4 is 19.1 Å². The van der Waals surface area contributed by atoms with Gasteiger partial charge < -0.3 is 19.7 Å². The van der Waals surface area contributed by atoms with Gasteiger partial charge in [-0.1, -0.05) is 55.8 Å². The second-order valence-electron chi connectivity index (χ2n) is 9.23. The standard InChI is InChI=1S/C30H36ClN3O6S/c1-5-17-32-30(36)26(6-2)33(20-22-11-10-12-24(18-22)39-3)29(35)21-34(27-19-23(31)15-16-28(27)40-4)41(37,38)25-13-8-7-9-14-25/h7-16,18-19,26H,5-6,17,20-21H2,1-4H3,(H,32,36). The number of hydrogen-bond donors (Lipinski definition) is 1. The predicted molar refractivity (Wildman–Crippen MR) is 160 cm³/mol. The number of benzene rings is 3. The zero-order chi connectivity index (χ0) is 30.0. The Morgan fingerprint density at radius 3 is 2.32 bits per heavy atom. The molecule has 1 atom stereocenters. The topological polar surface area (TPSA) is 105 Å². The lowest BCUT2D eigenvalue weighted by molar-refractivity contribution is -0.140. The molecule has 41 heavy (non-hydrogen) atoms. The van der Waals surface area contributed by atoms with Gasteiger partial charge in [0.1, 0.15) is 24.1 Å². The van der Waals surface area contributed by atoms with E-state index in [0.717, 1.165) is 16.3 Å². The van der Waals surface area contributed by atoms with Crippen LogP contribution in [-0.2, 0) is 26.2 Å². The molecule has 0 aliphatic heterocycles. The van der Waals surface area contributed by atoms with Crippen molar-refractivity contribution in [1.82, 2.24) is 10.2 Å². The number of sulfonamides is 1. The molecule has 0 fully saturated rings. The Hall–Kier alpha value is -3.76. The summed E-state index contributed by atoms with van der Waals surface area (Å²) in [5.74, 6) is -0.0830. The molecule has 9 nitrogen and oxygen atoms in total. The van der Waals surface area contributed by atoms with E-state index in [-0.39, 0.29) is 33.8 Å². The van der Waals surface area contributed by atoms with Crippen molar-refractivity contribution in [2.24, 2.45) is 0 Å². The smallest absolute Gasteiger partial charge is 0.264 e. The molecule has 11 heteroatoms. The van der Waals surface area contributed by atoms with Crippen molar-refractivity contribution < 1.29 is 27.5 Å². The number of carbonyl (C=O) groups is 2. The molecular formula is C30H36ClN3O6S. The van der Waals surface area contributed by atoms with E-state index in [1.165, 1.54) is 36.3 Å². The maximum absolute atomic E-state index is 14.2. The average molecular weight is 602 g/mol. The van der Waals surface area contributed by atoms with Crippen LogP contribution in [0.3, 0.4) is 0 Å². The molecule has 3 aromatic carbocycles. The van der Waals surface area contributed by atoms with Crippen LogP contribution in [0.25, 0.3) is 0 Å². The third-order valence-corrected chi connectivity index (χ3v) is 8.45. The Morgan fingerprint density at radius 1 is 0.951 bits per heavy atom. The summed E-state index contributed by atoms with van der Waals surface area (Å²) >= 11 is 6.27. The summed E-state index contributed by atoms with van der Waals surface area (Å²) in [6.07, 6.45) is 1.04. The first-order valence-corrected chi connectivity index (χ1v) is 15.1. The van der Waals surface area contributed by atoms with Gasteiger partial charge in [-0.3, -0.25) is 13.9 Å². The molecule has 0 saturated heterocycles. The zero-order valence-electron chi connectivity index (χ0n) is 23.7. The monoisotopic (exact) mass is 601 g/mol. The van der Waals surface area contributed by atoms with Gasteiger partial charge in [-0.15, -0.1) is 0 Å². The summed E-state index contributed by atoms with van der Waals surface area (Å²) in [5, 5.41) is 3.13. The fraction of sp³-hybridized carbons (Fsp3) is 0.333. The fourth-order valence-corrected chi connectivity index (χ4v) is 5.95. The van der Waals surface area contributed by atoms with Crippen LogP contribution in [0, 0.1) is 0 Å². The number of hydrogen-bond acceptors (Lipinski definition) is 6. The quantitative estimate of drug-likeness (QED) is 0.282. The van der Waals surface area contributed by atoms with Crippen LogP contribution in [-0.4, -0.2) is 58.5 Å². The van der Waals surface area contributed by atoms with Gasteiger partial charge >= 0.3 is 0 Å². The van der Waals surface area contributed by atoms with E-state index in [0.29, 0.717) is 18.7 Å². The second-order valence-corrected chi connectivity index (χ2v) is 11.5. The molecule has 0 saturated carbocycles. The minimum absolute atomic E-state index is 0.0121. The molecule has 220 valence electrons. The highest BCUT2D eigenvalue weighted by molar-refractivity contribution is 7.92. The number of rotatable bonds is 14. The van der Waals surface area contributed by atoms with E-state index >= 15 is 0 Å². The number of methoxy groups -OCH3 is 2. The lowest BCUT2D eigenvalue weighted by atomic mass is 10.1. The highest BCUT2D eigenvalue weighted by Gasteiger charge is 2.34. The molecule has 1 unspecified atom stereocenters. The first-order chi connectivity index (χ1) is 19.7. The summed E-state index contributed by atoms with van der Waals surface area (Å²) in [6.45, 7) is 3.64. The Balaban J connectivity index is 2.11. The lowest BCUT2D eigenvalue weighted by Gasteiger charge is -2.33. The van der Waals surface area contributed by atoms with Crippen molar-refractivity contribution in [3.05, 3.63) is 83.4 Å². The zero-order valence-corrected chi connectivity index (χ0v) is 25.2. The molecule has 3 rings (SSSR count). The van der Waals surface area contributed by atoms with Crippen molar-refractivity contribution in [2.75, 3.05) is 31.6 Å². The van der Waals surface area contributed by atoms with E-state index in [1.54, 1.807) is 56.5 Å². The van der Waals surface area contributed by atoms with Crippen LogP contribution in [0.1, 0.15) is 32.3 Å². The number of amides is 2. The Bertz CT molecular complexity index is 1440. The van der Waals surface area contributed by atoms with Gasteiger partial charge in [-0.05, 0) is 60.9 Å². The van der Waals surface area contributed by atoms with E-state index in [2.05, 4.69) is 5.32 Å². The van der Waals surface area contributed by atoms with Gasteiger partial charge in [0.25, 0.3) is 10.0 Å². The summed E-state index contributed by atoms with van der Waals surface area (Å²) in [7, 11) is -1.31. The van der Waals surface area contributed by atoms with Gasteiger partial charge in [-0.2, -0.15) is 0 Å². The van der Waals surface area contributed by atoms with Gasteiger partial charge in [0, 0.05) is 18.1 Å². The molecule has 0 aromatic heterocycles. The van der Waals surface area contributed by atoms with Crippen molar-refractivity contribution in [1.29, 1.82) is 0 Å². The minimum atomic E-state index is -4.26. The van der Waals surface area contributed by atoms with Crippen LogP contribution in [0.5, 0.6) is 11.5 Å². The number of nitrogens with one attached hydrogen (secondary N) is 1. The molecule has 0 aliphatic carbocycles. The second kappa shape index (κ2) is 14.7. The van der Waals surface area contributed by atoms with Crippen LogP contribution in [0.2, 0.25) is 5.02 Å². The Kier molecular flexibility index (Phi) is 11.4. The molecule has 3 aromatic rings. The van der Waals surface area contributed by atoms with E-state index in [9.17, 15) is 18.0 Å². The number of nitrogens with zero attached hydrogens (tertiary/aromatic N) is 2. The van der Waals surface area contributed by atoms with Crippen molar-refractivity contribution in [3.8, 4) is 11.5 Å². The van der Waals surface area contributed by atoms with E-state index in [4.69, 9.17) is 21.1 Å². The van der Waals surface area contributed by atoms with E-state index < -0.39 is 28.5 Å². The molecule has 2 amide bonds. The predicted octanol–water partition coefficient (Wildman–Crippen LogP) is 4.89. The summed E-state index contributed by atoms with van der Waals surface area (Å²) < 4.78 is 39.8. The number of halogens is 1. The first kappa shape index (κ1) is 31.8.